The molecule has 1 atom stereocenters. The van der Waals surface area contributed by atoms with Crippen molar-refractivity contribution in [3.8, 4) is 5.75 Å². The zero-order valence-electron chi connectivity index (χ0n) is 20.5. The molecule has 1 unspecified atom stereocenters. The van der Waals surface area contributed by atoms with Gasteiger partial charge in [0.15, 0.2) is 5.89 Å². The van der Waals surface area contributed by atoms with Gasteiger partial charge < -0.3 is 14.3 Å². The second-order valence-corrected chi connectivity index (χ2v) is 10.3. The maximum Gasteiger partial charge on any atom is 0.325 e. The molecule has 1 aromatic heterocycles. The Hall–Kier alpha value is -3.12. The van der Waals surface area contributed by atoms with Gasteiger partial charge in [0.25, 0.3) is 0 Å². The number of hydrogen-bond donors (Lipinski definition) is 1. The molecule has 3 aromatic rings. The maximum atomic E-state index is 12.3. The summed E-state index contributed by atoms with van der Waals surface area (Å²) in [6, 6.07) is 15.2. The van der Waals surface area contributed by atoms with Crippen LogP contribution < -0.4 is 4.74 Å². The van der Waals surface area contributed by atoms with E-state index in [0.717, 1.165) is 46.9 Å². The van der Waals surface area contributed by atoms with E-state index < -0.39 is 12.0 Å². The third-order valence-electron chi connectivity index (χ3n) is 6.13. The average Bonchev–Trinajstić information content (AvgIpc) is 3.11. The molecule has 180 valence electrons. The first-order valence-electron chi connectivity index (χ1n) is 11.9. The van der Waals surface area contributed by atoms with Crippen LogP contribution in [0.25, 0.3) is 0 Å². The molecule has 4 rings (SSSR count). The van der Waals surface area contributed by atoms with Crippen LogP contribution in [0.4, 0.5) is 0 Å². The largest absolute Gasteiger partial charge is 0.493 e. The van der Waals surface area contributed by atoms with Crippen molar-refractivity contribution in [2.75, 3.05) is 13.2 Å². The first-order valence-corrected chi connectivity index (χ1v) is 11.9. The highest BCUT2D eigenvalue weighted by Crippen LogP contribution is 2.34. The molecule has 1 aliphatic heterocycles. The summed E-state index contributed by atoms with van der Waals surface area (Å²) < 4.78 is 11.9. The lowest BCUT2D eigenvalue weighted by Gasteiger charge is -2.35. The Morgan fingerprint density at radius 1 is 1.21 bits per heavy atom. The Bertz CT molecular complexity index is 1130. The molecule has 0 spiro atoms. The third-order valence-corrected chi connectivity index (χ3v) is 6.13. The Balaban J connectivity index is 1.44. The van der Waals surface area contributed by atoms with E-state index in [2.05, 4.69) is 25.8 Å². The quantitative estimate of drug-likeness (QED) is 0.485. The molecule has 34 heavy (non-hydrogen) atoms. The maximum absolute atomic E-state index is 12.3. The molecular weight excluding hydrogens is 428 g/mol. The van der Waals surface area contributed by atoms with E-state index in [0.29, 0.717) is 31.9 Å². The minimum atomic E-state index is -0.835. The second-order valence-electron chi connectivity index (χ2n) is 10.3. The van der Waals surface area contributed by atoms with Crippen LogP contribution in [0.2, 0.25) is 0 Å². The molecule has 2 heterocycles. The first-order chi connectivity index (χ1) is 16.2. The van der Waals surface area contributed by atoms with Gasteiger partial charge in [-0.15, -0.1) is 0 Å². The van der Waals surface area contributed by atoms with E-state index in [1.807, 2.05) is 60.4 Å². The predicted molar refractivity (Wildman–Crippen MR) is 131 cm³/mol. The topological polar surface area (TPSA) is 75.8 Å². The van der Waals surface area contributed by atoms with Crippen molar-refractivity contribution in [1.29, 1.82) is 0 Å². The Morgan fingerprint density at radius 2 is 1.97 bits per heavy atom. The van der Waals surface area contributed by atoms with Crippen LogP contribution in [0.5, 0.6) is 5.75 Å². The highest BCUT2D eigenvalue weighted by Gasteiger charge is 2.33. The SMILES string of the molecule is Cc1oc(CC(C)(C)C)nc1CCOc1ccc2c(c1)C(C(=O)O)N(Cc1ccccc1)CC2. The van der Waals surface area contributed by atoms with Crippen LogP contribution in [-0.2, 0) is 30.6 Å². The van der Waals surface area contributed by atoms with Crippen LogP contribution in [0.15, 0.2) is 52.9 Å². The molecule has 6 nitrogen and oxygen atoms in total. The van der Waals surface area contributed by atoms with Gasteiger partial charge >= 0.3 is 5.97 Å². The molecule has 0 saturated heterocycles. The van der Waals surface area contributed by atoms with Gasteiger partial charge in [0.1, 0.15) is 17.6 Å². The monoisotopic (exact) mass is 462 g/mol. The number of rotatable bonds is 8. The van der Waals surface area contributed by atoms with E-state index in [-0.39, 0.29) is 5.41 Å². The van der Waals surface area contributed by atoms with Crippen molar-refractivity contribution in [3.63, 3.8) is 0 Å². The molecule has 1 aliphatic rings. The summed E-state index contributed by atoms with van der Waals surface area (Å²) >= 11 is 0. The van der Waals surface area contributed by atoms with Gasteiger partial charge in [-0.2, -0.15) is 0 Å². The Kier molecular flexibility index (Phi) is 7.08. The summed E-state index contributed by atoms with van der Waals surface area (Å²) in [6.45, 7) is 10.2. The molecule has 0 aliphatic carbocycles. The minimum absolute atomic E-state index is 0.114. The molecule has 6 heteroatoms. The van der Waals surface area contributed by atoms with Crippen LogP contribution in [-0.4, -0.2) is 34.1 Å². The van der Waals surface area contributed by atoms with Crippen LogP contribution in [0.1, 0.15) is 60.8 Å². The highest BCUT2D eigenvalue weighted by atomic mass is 16.5. The van der Waals surface area contributed by atoms with Gasteiger partial charge in [-0.1, -0.05) is 57.2 Å². The van der Waals surface area contributed by atoms with Crippen LogP contribution in [0, 0.1) is 12.3 Å². The smallest absolute Gasteiger partial charge is 0.325 e. The highest BCUT2D eigenvalue weighted by molar-refractivity contribution is 5.77. The van der Waals surface area contributed by atoms with Crippen molar-refractivity contribution in [2.45, 2.75) is 59.5 Å². The van der Waals surface area contributed by atoms with E-state index in [9.17, 15) is 9.90 Å². The molecule has 0 bridgehead atoms. The number of carboxylic acid groups (broad SMARTS) is 1. The lowest BCUT2D eigenvalue weighted by atomic mass is 9.92. The average molecular weight is 463 g/mol. The van der Waals surface area contributed by atoms with Gasteiger partial charge in [-0.05, 0) is 47.6 Å². The van der Waals surface area contributed by atoms with E-state index in [1.165, 1.54) is 0 Å². The summed E-state index contributed by atoms with van der Waals surface area (Å²) in [4.78, 5) is 18.9. The second kappa shape index (κ2) is 10.0. The van der Waals surface area contributed by atoms with Gasteiger partial charge in [0.05, 0.1) is 12.3 Å². The summed E-state index contributed by atoms with van der Waals surface area (Å²) in [6.07, 6.45) is 2.25. The Morgan fingerprint density at radius 3 is 2.68 bits per heavy atom. The van der Waals surface area contributed by atoms with E-state index in [4.69, 9.17) is 9.15 Å². The number of ether oxygens (including phenoxy) is 1. The first kappa shape index (κ1) is 24.0. The lowest BCUT2D eigenvalue weighted by Crippen LogP contribution is -2.39. The molecule has 1 N–H and O–H groups in total. The van der Waals surface area contributed by atoms with Gasteiger partial charge in [-0.25, -0.2) is 4.98 Å². The number of nitrogens with zero attached hydrogens (tertiary/aromatic N) is 2. The van der Waals surface area contributed by atoms with E-state index >= 15 is 0 Å². The number of carboxylic acids is 1. The predicted octanol–water partition coefficient (Wildman–Crippen LogP) is 5.38. The number of oxazole rings is 1. The number of hydrogen-bond acceptors (Lipinski definition) is 5. The molecule has 0 saturated carbocycles. The minimum Gasteiger partial charge on any atom is -0.493 e. The fraction of sp³-hybridized carbons (Fsp3) is 0.429. The fourth-order valence-electron chi connectivity index (χ4n) is 4.53. The van der Waals surface area contributed by atoms with Crippen molar-refractivity contribution < 1.29 is 19.1 Å². The van der Waals surface area contributed by atoms with Crippen LogP contribution in [0.3, 0.4) is 0 Å². The van der Waals surface area contributed by atoms with Crippen molar-refractivity contribution in [2.24, 2.45) is 5.41 Å². The van der Waals surface area contributed by atoms with Crippen molar-refractivity contribution >= 4 is 5.97 Å². The molecule has 0 fully saturated rings. The van der Waals surface area contributed by atoms with Gasteiger partial charge in [0.2, 0.25) is 0 Å². The summed E-state index contributed by atoms with van der Waals surface area (Å²) in [7, 11) is 0. The summed E-state index contributed by atoms with van der Waals surface area (Å²) in [5.41, 5.74) is 4.03. The van der Waals surface area contributed by atoms with E-state index in [1.54, 1.807) is 0 Å². The van der Waals surface area contributed by atoms with Gasteiger partial charge in [-0.3, -0.25) is 9.69 Å². The molecular formula is C28H34N2O4. The number of fused-ring (bicyclic) bond motifs is 1. The third kappa shape index (κ3) is 5.86. The van der Waals surface area contributed by atoms with Crippen LogP contribution >= 0.6 is 0 Å². The summed E-state index contributed by atoms with van der Waals surface area (Å²) in [5, 5.41) is 10.1. The van der Waals surface area contributed by atoms with Crippen molar-refractivity contribution in [3.05, 3.63) is 82.6 Å². The number of aryl methyl sites for hydroxylation is 1. The van der Waals surface area contributed by atoms with Gasteiger partial charge in [0, 0.05) is 25.9 Å². The Labute approximate surface area is 201 Å². The summed E-state index contributed by atoms with van der Waals surface area (Å²) in [5.74, 6) is 1.44. The lowest BCUT2D eigenvalue weighted by molar-refractivity contribution is -0.144. The zero-order valence-corrected chi connectivity index (χ0v) is 20.5. The zero-order chi connectivity index (χ0) is 24.3. The van der Waals surface area contributed by atoms with Crippen molar-refractivity contribution in [1.82, 2.24) is 9.88 Å². The number of aliphatic carboxylic acids is 1. The standard InChI is InChI=1S/C28H34N2O4/c1-19-24(29-25(34-19)17-28(2,3)4)13-15-33-22-11-10-21-12-14-30(18-20-8-6-5-7-9-20)26(27(31)32)23(21)16-22/h5-11,16,26H,12-15,17-18H2,1-4H3,(H,31,32). The number of carbonyl (C=O) groups is 1. The molecule has 2 aromatic carbocycles. The fourth-order valence-corrected chi connectivity index (χ4v) is 4.53. The number of benzene rings is 2. The molecule has 0 amide bonds. The number of aromatic nitrogens is 1. The molecule has 0 radical (unpaired) electrons. The normalized spacial score (nSPS) is 16.3.